The zero-order valence-corrected chi connectivity index (χ0v) is 14.8. The Morgan fingerprint density at radius 3 is 1.09 bits per heavy atom. The van der Waals surface area contributed by atoms with Crippen molar-refractivity contribution in [2.45, 2.75) is 0 Å². The number of carbonyl (C=O) groups is 1. The summed E-state index contributed by atoms with van der Waals surface area (Å²) in [7, 11) is -18.0. The summed E-state index contributed by atoms with van der Waals surface area (Å²) in [5.41, 5.74) is 0. The summed E-state index contributed by atoms with van der Waals surface area (Å²) in [5, 5.41) is 0. The molecule has 0 radical (unpaired) electrons. The fourth-order valence-electron chi connectivity index (χ4n) is 0.517. The average Bonchev–Trinajstić information content (AvgIpc) is 2.56. The van der Waals surface area contributed by atoms with E-state index in [-0.39, 0.29) is 0 Å². The average molecular weight is 411 g/mol. The Morgan fingerprint density at radius 2 is 1.00 bits per heavy atom. The maximum absolute atomic E-state index is 10.1. The van der Waals surface area contributed by atoms with Crippen molar-refractivity contribution in [3.63, 3.8) is 0 Å². The van der Waals surface area contributed by atoms with Gasteiger partial charge in [0.1, 0.15) is 0 Å². The van der Waals surface area contributed by atoms with E-state index < -0.39 is 21.8 Å². The van der Waals surface area contributed by atoms with Gasteiger partial charge in [-0.05, 0) is 0 Å². The van der Waals surface area contributed by atoms with E-state index in [1.807, 2.05) is 12.1 Å². The predicted octanol–water partition coefficient (Wildman–Crippen LogP) is 4.25. The molecule has 0 atom stereocenters. The Labute approximate surface area is 159 Å². The second-order valence-corrected chi connectivity index (χ2v) is 7.18. The number of rotatable bonds is 1. The van der Waals surface area contributed by atoms with Crippen LogP contribution in [0.5, 0.6) is 0 Å². The van der Waals surface area contributed by atoms with Gasteiger partial charge in [0, 0.05) is 0 Å². The first-order chi connectivity index (χ1) is 9.83. The van der Waals surface area contributed by atoms with E-state index in [1.54, 1.807) is 11.3 Å². The molecule has 0 unspecified atom stereocenters. The van der Waals surface area contributed by atoms with Crippen LogP contribution in [0.3, 0.4) is 0 Å². The number of aldehydes is 1. The van der Waals surface area contributed by atoms with Crippen LogP contribution < -0.4 is -1.03 Å². The molecule has 0 saturated heterocycles. The molecule has 0 spiro atoms. The molecule has 0 fully saturated rings. The molecule has 0 aliphatic rings. The third-order valence-electron chi connectivity index (χ3n) is 0.877. The molecule has 1 heterocycles. The van der Waals surface area contributed by atoms with Crippen LogP contribution in [0.15, 0.2) is 12.1 Å². The summed E-state index contributed by atoms with van der Waals surface area (Å²) in [5.74, 6) is 0. The van der Waals surface area contributed by atoms with Gasteiger partial charge in [-0.25, -0.2) is 0 Å². The van der Waals surface area contributed by atoms with Crippen molar-refractivity contribution >= 4 is 87.3 Å². The van der Waals surface area contributed by atoms with Crippen LogP contribution in [0, 0.1) is 0 Å². The van der Waals surface area contributed by atoms with Crippen molar-refractivity contribution in [2.75, 3.05) is 0 Å². The molecule has 0 aliphatic heterocycles. The van der Waals surface area contributed by atoms with Crippen LogP contribution in [0.1, 0.15) is 9.67 Å². The number of thiophene rings is 1. The topological polar surface area (TPSA) is 17.1 Å². The van der Waals surface area contributed by atoms with E-state index in [9.17, 15) is 56.6 Å². The van der Waals surface area contributed by atoms with Crippen molar-refractivity contribution in [1.29, 1.82) is 0 Å². The number of carbonyl (C=O) groups excluding carboxylic acids is 1. The van der Waals surface area contributed by atoms with Gasteiger partial charge in [0.05, 0.1) is 0 Å². The molecule has 0 saturated carbocycles. The molecule has 0 aromatic carbocycles. The van der Waals surface area contributed by atoms with Crippen LogP contribution in [0.4, 0.5) is 51.8 Å². The number of hydrogen-bond donors (Lipinski definition) is 0. The normalized spacial score (nSPS) is 11.0. The maximum atomic E-state index is 10.1. The Hall–Kier alpha value is 0.361. The van der Waals surface area contributed by atoms with E-state index in [4.69, 9.17) is 0 Å². The minimum atomic E-state index is -6.00. The second kappa shape index (κ2) is 12.7. The van der Waals surface area contributed by atoms with Gasteiger partial charge in [-0.2, -0.15) is 0 Å². The first-order valence-electron chi connectivity index (χ1n) is 4.96. The molecule has 0 bridgehead atoms. The summed E-state index contributed by atoms with van der Waals surface area (Å²) < 4.78 is 118. The third-order valence-corrected chi connectivity index (χ3v) is 3.28. The molecule has 18 heteroatoms. The van der Waals surface area contributed by atoms with E-state index >= 15 is 0 Å². The molecular weight excluding hydrogens is 408 g/mol. The van der Waals surface area contributed by atoms with Crippen LogP contribution in [0.2, 0.25) is 0 Å². The van der Waals surface area contributed by atoms with Crippen molar-refractivity contribution in [1.82, 2.24) is 0 Å². The van der Waals surface area contributed by atoms with Gasteiger partial charge in [-0.3, -0.25) is 0 Å². The van der Waals surface area contributed by atoms with Crippen molar-refractivity contribution < 1.29 is 56.6 Å². The summed E-state index contributed by atoms with van der Waals surface area (Å²) in [4.78, 5) is 10.9. The van der Waals surface area contributed by atoms with E-state index in [0.717, 1.165) is 60.1 Å². The standard InChI is InChI=1S/C5H3OS.3BF4.K/c6-4-5-2-1-3-7-5;3*2-1(3,4)5;/h1-2,4H;;;;/q;3*-1;. The molecule has 23 heavy (non-hydrogen) atoms. The Bertz CT molecular complexity index is 381. The second-order valence-electron chi connectivity index (χ2n) is 3.05. The van der Waals surface area contributed by atoms with Gasteiger partial charge in [0.2, 0.25) is 0 Å². The predicted molar refractivity (Wildman–Crippen MR) is 65.7 cm³/mol. The zero-order chi connectivity index (χ0) is 19.5. The fourth-order valence-corrected chi connectivity index (χ4v) is 2.57. The molecule has 1 aromatic rings. The summed E-state index contributed by atoms with van der Waals surface area (Å²) in [6.45, 7) is 0. The quantitative estimate of drug-likeness (QED) is 0.384. The van der Waals surface area contributed by atoms with Crippen LogP contribution in [-0.4, -0.2) is 77.0 Å². The van der Waals surface area contributed by atoms with Crippen LogP contribution >= 0.6 is 11.3 Å². The Balaban J connectivity index is -0.000000240. The molecule has 0 N–H and O–H groups in total. The SMILES string of the molecule is F[B-](F)(F)F.F[B-](F)(F)F.F[B-](F)(F)F.O=Cc1cc[c]([K])s1. The van der Waals surface area contributed by atoms with Crippen molar-refractivity contribution in [3.8, 4) is 0 Å². The zero-order valence-electron chi connectivity index (χ0n) is 10.8. The Morgan fingerprint density at radius 1 is 0.739 bits per heavy atom. The molecule has 1 rings (SSSR count). The fraction of sp³-hybridized carbons (Fsp3) is 0. The van der Waals surface area contributed by atoms with E-state index in [2.05, 4.69) is 0 Å². The van der Waals surface area contributed by atoms with Gasteiger partial charge in [0.25, 0.3) is 0 Å². The number of hydrogen-bond acceptors (Lipinski definition) is 2. The number of halogens is 12. The minimum absolute atomic E-state index is 0.735. The van der Waals surface area contributed by atoms with E-state index in [0.29, 0.717) is 0 Å². The first kappa shape index (κ1) is 28.2. The van der Waals surface area contributed by atoms with Crippen LogP contribution in [0.25, 0.3) is 0 Å². The Kier molecular flexibility index (Phi) is 15.5. The van der Waals surface area contributed by atoms with Gasteiger partial charge in [-0.15, -0.1) is 0 Å². The first-order valence-corrected chi connectivity index (χ1v) is 7.34. The molecule has 0 amide bonds. The molecular formula is C5H3B3F12KOS-3. The molecule has 0 aliphatic carbocycles. The summed E-state index contributed by atoms with van der Waals surface area (Å²) in [6.07, 6.45) is 0.903. The third kappa shape index (κ3) is 71.8. The van der Waals surface area contributed by atoms with E-state index in [1.165, 1.54) is -1.03 Å². The van der Waals surface area contributed by atoms with Gasteiger partial charge < -0.3 is 51.8 Å². The monoisotopic (exact) mass is 411 g/mol. The van der Waals surface area contributed by atoms with Crippen molar-refractivity contribution in [3.05, 3.63) is 17.0 Å². The molecule has 1 nitrogen and oxygen atoms in total. The summed E-state index contributed by atoms with van der Waals surface area (Å²) in [6, 6.07) is 3.90. The van der Waals surface area contributed by atoms with Gasteiger partial charge >= 0.3 is 109 Å². The summed E-state index contributed by atoms with van der Waals surface area (Å²) >= 11 is 2.34. The van der Waals surface area contributed by atoms with Crippen LogP contribution in [-0.2, 0) is 0 Å². The molecule has 1 aromatic heterocycles. The molecule has 132 valence electrons. The van der Waals surface area contributed by atoms with Crippen molar-refractivity contribution in [2.24, 2.45) is 0 Å². The van der Waals surface area contributed by atoms with Gasteiger partial charge in [-0.1, -0.05) is 0 Å². The van der Waals surface area contributed by atoms with Gasteiger partial charge in [0.15, 0.2) is 0 Å².